The maximum atomic E-state index is 5.67. The maximum absolute atomic E-state index is 5.67. The Morgan fingerprint density at radius 2 is 1.65 bits per heavy atom. The molecular formula is C17H27NO2. The van der Waals surface area contributed by atoms with Gasteiger partial charge in [0.2, 0.25) is 0 Å². The third kappa shape index (κ3) is 4.06. The van der Waals surface area contributed by atoms with E-state index < -0.39 is 0 Å². The molecule has 1 aliphatic carbocycles. The molecular weight excluding hydrogens is 250 g/mol. The van der Waals surface area contributed by atoms with Crippen LogP contribution in [0.25, 0.3) is 0 Å². The van der Waals surface area contributed by atoms with Gasteiger partial charge in [0, 0.05) is 17.8 Å². The van der Waals surface area contributed by atoms with Gasteiger partial charge in [-0.2, -0.15) is 0 Å². The van der Waals surface area contributed by atoms with Gasteiger partial charge in [-0.05, 0) is 57.6 Å². The molecule has 0 amide bonds. The van der Waals surface area contributed by atoms with Gasteiger partial charge in [-0.1, -0.05) is 6.92 Å². The van der Waals surface area contributed by atoms with Crippen molar-refractivity contribution >= 4 is 5.69 Å². The molecule has 0 heterocycles. The van der Waals surface area contributed by atoms with Crippen molar-refractivity contribution in [3.63, 3.8) is 0 Å². The second kappa shape index (κ2) is 7.41. The topological polar surface area (TPSA) is 30.5 Å². The van der Waals surface area contributed by atoms with Crippen molar-refractivity contribution in [2.24, 2.45) is 5.92 Å². The fourth-order valence-electron chi connectivity index (χ4n) is 2.78. The average Bonchev–Trinajstić information content (AvgIpc) is 2.45. The molecule has 3 heteroatoms. The zero-order valence-corrected chi connectivity index (χ0v) is 12.9. The monoisotopic (exact) mass is 277 g/mol. The van der Waals surface area contributed by atoms with Crippen LogP contribution in [0.2, 0.25) is 0 Å². The highest BCUT2D eigenvalue weighted by Crippen LogP contribution is 2.32. The lowest BCUT2D eigenvalue weighted by molar-refractivity contribution is 0.288. The maximum Gasteiger partial charge on any atom is 0.163 e. The van der Waals surface area contributed by atoms with Crippen LogP contribution < -0.4 is 14.8 Å². The van der Waals surface area contributed by atoms with Crippen molar-refractivity contribution in [1.29, 1.82) is 0 Å². The standard InChI is InChI=1S/C17H27NO2/c1-4-19-16-11-10-15(12-17(16)20-5-2)18-14-8-6-13(3)7-9-14/h10-14,18H,4-9H2,1-3H3. The number of benzene rings is 1. The van der Waals surface area contributed by atoms with Crippen LogP contribution in [0.4, 0.5) is 5.69 Å². The van der Waals surface area contributed by atoms with Crippen LogP contribution in [-0.2, 0) is 0 Å². The van der Waals surface area contributed by atoms with Crippen LogP contribution >= 0.6 is 0 Å². The molecule has 1 aliphatic rings. The van der Waals surface area contributed by atoms with E-state index in [1.165, 1.54) is 25.7 Å². The van der Waals surface area contributed by atoms with E-state index in [4.69, 9.17) is 9.47 Å². The molecule has 1 fully saturated rings. The lowest BCUT2D eigenvalue weighted by atomic mass is 9.87. The Labute approximate surface area is 122 Å². The number of rotatable bonds is 6. The van der Waals surface area contributed by atoms with E-state index in [0.29, 0.717) is 19.3 Å². The van der Waals surface area contributed by atoms with Gasteiger partial charge in [0.15, 0.2) is 11.5 Å². The molecule has 1 aromatic rings. The van der Waals surface area contributed by atoms with E-state index >= 15 is 0 Å². The van der Waals surface area contributed by atoms with Crippen LogP contribution in [-0.4, -0.2) is 19.3 Å². The van der Waals surface area contributed by atoms with Gasteiger partial charge >= 0.3 is 0 Å². The van der Waals surface area contributed by atoms with Crippen LogP contribution in [0.1, 0.15) is 46.5 Å². The van der Waals surface area contributed by atoms with E-state index in [2.05, 4.69) is 24.4 Å². The summed E-state index contributed by atoms with van der Waals surface area (Å²) in [6, 6.07) is 6.75. The molecule has 3 nitrogen and oxygen atoms in total. The first-order valence-corrected chi connectivity index (χ1v) is 7.89. The summed E-state index contributed by atoms with van der Waals surface area (Å²) >= 11 is 0. The quantitative estimate of drug-likeness (QED) is 0.832. The van der Waals surface area contributed by atoms with Crippen molar-refractivity contribution < 1.29 is 9.47 Å². The summed E-state index contributed by atoms with van der Waals surface area (Å²) in [5.74, 6) is 2.55. The molecule has 0 unspecified atom stereocenters. The first kappa shape index (κ1) is 15.0. The summed E-state index contributed by atoms with van der Waals surface area (Å²) in [4.78, 5) is 0. The highest BCUT2D eigenvalue weighted by atomic mass is 16.5. The van der Waals surface area contributed by atoms with Gasteiger partial charge in [-0.25, -0.2) is 0 Å². The minimum atomic E-state index is 0.596. The number of hydrogen-bond acceptors (Lipinski definition) is 3. The number of hydrogen-bond donors (Lipinski definition) is 1. The zero-order valence-electron chi connectivity index (χ0n) is 12.9. The molecule has 1 aromatic carbocycles. The highest BCUT2D eigenvalue weighted by Gasteiger charge is 2.18. The summed E-state index contributed by atoms with van der Waals surface area (Å²) in [5.41, 5.74) is 1.14. The van der Waals surface area contributed by atoms with Crippen molar-refractivity contribution in [2.75, 3.05) is 18.5 Å². The van der Waals surface area contributed by atoms with Crippen LogP contribution in [0.15, 0.2) is 18.2 Å². The predicted molar refractivity (Wildman–Crippen MR) is 83.8 cm³/mol. The van der Waals surface area contributed by atoms with Gasteiger partial charge in [0.25, 0.3) is 0 Å². The van der Waals surface area contributed by atoms with Gasteiger partial charge in [-0.15, -0.1) is 0 Å². The first-order valence-electron chi connectivity index (χ1n) is 7.89. The van der Waals surface area contributed by atoms with E-state index in [1.54, 1.807) is 0 Å². The SMILES string of the molecule is CCOc1ccc(NC2CCC(C)CC2)cc1OCC. The van der Waals surface area contributed by atoms with E-state index in [9.17, 15) is 0 Å². The fourth-order valence-corrected chi connectivity index (χ4v) is 2.78. The molecule has 0 atom stereocenters. The number of ether oxygens (including phenoxy) is 2. The third-order valence-electron chi connectivity index (χ3n) is 3.93. The van der Waals surface area contributed by atoms with Crippen LogP contribution in [0, 0.1) is 5.92 Å². The Bertz CT molecular complexity index is 411. The van der Waals surface area contributed by atoms with E-state index in [1.807, 2.05) is 19.9 Å². The lowest BCUT2D eigenvalue weighted by Crippen LogP contribution is -2.25. The average molecular weight is 277 g/mol. The Kier molecular flexibility index (Phi) is 5.57. The molecule has 0 radical (unpaired) electrons. The third-order valence-corrected chi connectivity index (χ3v) is 3.93. The predicted octanol–water partition coefficient (Wildman–Crippen LogP) is 4.47. The lowest BCUT2D eigenvalue weighted by Gasteiger charge is -2.28. The van der Waals surface area contributed by atoms with Gasteiger partial charge < -0.3 is 14.8 Å². The smallest absolute Gasteiger partial charge is 0.163 e. The summed E-state index contributed by atoms with van der Waals surface area (Å²) < 4.78 is 11.3. The molecule has 0 aromatic heterocycles. The Morgan fingerprint density at radius 1 is 1.00 bits per heavy atom. The number of nitrogens with one attached hydrogen (secondary N) is 1. The van der Waals surface area contributed by atoms with Crippen molar-refractivity contribution in [2.45, 2.75) is 52.5 Å². The molecule has 1 saturated carbocycles. The fraction of sp³-hybridized carbons (Fsp3) is 0.647. The molecule has 0 bridgehead atoms. The van der Waals surface area contributed by atoms with E-state index in [-0.39, 0.29) is 0 Å². The van der Waals surface area contributed by atoms with Gasteiger partial charge in [-0.3, -0.25) is 0 Å². The molecule has 1 N–H and O–H groups in total. The Hall–Kier alpha value is -1.38. The Balaban J connectivity index is 2.02. The van der Waals surface area contributed by atoms with E-state index in [0.717, 1.165) is 23.1 Å². The van der Waals surface area contributed by atoms with Gasteiger partial charge in [0.05, 0.1) is 13.2 Å². The molecule has 0 spiro atoms. The van der Waals surface area contributed by atoms with Crippen molar-refractivity contribution in [1.82, 2.24) is 0 Å². The van der Waals surface area contributed by atoms with Crippen molar-refractivity contribution in [3.05, 3.63) is 18.2 Å². The first-order chi connectivity index (χ1) is 9.72. The molecule has 0 saturated heterocycles. The summed E-state index contributed by atoms with van der Waals surface area (Å²) in [7, 11) is 0. The second-order valence-electron chi connectivity index (χ2n) is 5.63. The second-order valence-corrected chi connectivity index (χ2v) is 5.63. The molecule has 20 heavy (non-hydrogen) atoms. The van der Waals surface area contributed by atoms with Gasteiger partial charge in [0.1, 0.15) is 0 Å². The largest absolute Gasteiger partial charge is 0.490 e. The highest BCUT2D eigenvalue weighted by molar-refractivity contribution is 5.55. The molecule has 112 valence electrons. The molecule has 2 rings (SSSR count). The van der Waals surface area contributed by atoms with Crippen LogP contribution in [0.5, 0.6) is 11.5 Å². The minimum absolute atomic E-state index is 0.596. The molecule has 0 aliphatic heterocycles. The summed E-state index contributed by atoms with van der Waals surface area (Å²) in [6.45, 7) is 7.65. The zero-order chi connectivity index (χ0) is 14.4. The Morgan fingerprint density at radius 3 is 2.30 bits per heavy atom. The summed E-state index contributed by atoms with van der Waals surface area (Å²) in [5, 5.41) is 3.63. The van der Waals surface area contributed by atoms with Crippen molar-refractivity contribution in [3.8, 4) is 11.5 Å². The minimum Gasteiger partial charge on any atom is -0.490 e. The summed E-state index contributed by atoms with van der Waals surface area (Å²) in [6.07, 6.45) is 5.18. The van der Waals surface area contributed by atoms with Crippen LogP contribution in [0.3, 0.4) is 0 Å². The normalized spacial score (nSPS) is 22.4. The number of anilines is 1.